The number of H-pyrrole nitrogens is 1. The Hall–Kier alpha value is -2.96. The molecule has 2 rings (SSSR count). The molecule has 20 heavy (non-hydrogen) atoms. The van der Waals surface area contributed by atoms with Crippen molar-refractivity contribution in [3.05, 3.63) is 35.4 Å². The molecule has 0 saturated carbocycles. The highest BCUT2D eigenvalue weighted by Crippen LogP contribution is 2.32. The lowest BCUT2D eigenvalue weighted by atomic mass is 10.1. The number of carbonyl (C=O) groups excluding carboxylic acids is 2. The van der Waals surface area contributed by atoms with Crippen molar-refractivity contribution in [3.63, 3.8) is 0 Å². The number of aromatic hydroxyl groups is 1. The second kappa shape index (κ2) is 4.96. The summed E-state index contributed by atoms with van der Waals surface area (Å²) >= 11 is 0. The zero-order chi connectivity index (χ0) is 14.9. The molecule has 7 nitrogen and oxygen atoms in total. The molecule has 0 aliphatic heterocycles. The van der Waals surface area contributed by atoms with Crippen molar-refractivity contribution >= 4 is 17.8 Å². The average molecular weight is 274 g/mol. The van der Waals surface area contributed by atoms with Gasteiger partial charge in [0.15, 0.2) is 0 Å². The minimum absolute atomic E-state index is 0.0403. The first-order chi connectivity index (χ1) is 9.38. The van der Waals surface area contributed by atoms with Crippen LogP contribution in [0.2, 0.25) is 0 Å². The number of nitrogens with one attached hydrogen (secondary N) is 2. The number of carbonyl (C=O) groups is 2. The van der Waals surface area contributed by atoms with Crippen LogP contribution < -0.4 is 16.8 Å². The fraction of sp³-hybridized carbons (Fsp3) is 0.0769. The molecule has 0 atom stereocenters. The van der Waals surface area contributed by atoms with Gasteiger partial charge in [-0.05, 0) is 25.1 Å². The first-order valence-corrected chi connectivity index (χ1v) is 5.77. The Balaban J connectivity index is 2.55. The van der Waals surface area contributed by atoms with Gasteiger partial charge in [0.1, 0.15) is 11.6 Å². The molecule has 1 aromatic heterocycles. The van der Waals surface area contributed by atoms with Gasteiger partial charge in [0.05, 0.1) is 11.3 Å². The predicted molar refractivity (Wildman–Crippen MR) is 74.4 cm³/mol. The molecular formula is C13H14N4O3. The Labute approximate surface area is 114 Å². The third-order valence-electron chi connectivity index (χ3n) is 2.77. The molecule has 0 aliphatic carbocycles. The number of nitrogens with two attached hydrogens (primary N) is 2. The number of aromatic nitrogens is 1. The van der Waals surface area contributed by atoms with E-state index >= 15 is 0 Å². The summed E-state index contributed by atoms with van der Waals surface area (Å²) in [7, 11) is 0. The Morgan fingerprint density at radius 1 is 1.25 bits per heavy atom. The average Bonchev–Trinajstić information content (AvgIpc) is 2.75. The Morgan fingerprint density at radius 2 is 1.95 bits per heavy atom. The zero-order valence-corrected chi connectivity index (χ0v) is 10.7. The predicted octanol–water partition coefficient (Wildman–Crippen LogP) is 1.29. The summed E-state index contributed by atoms with van der Waals surface area (Å²) in [6.07, 6.45) is 0. The molecule has 2 aromatic rings. The molecule has 1 heterocycles. The van der Waals surface area contributed by atoms with Crippen molar-refractivity contribution in [1.29, 1.82) is 0 Å². The lowest BCUT2D eigenvalue weighted by molar-refractivity contribution is 0.100. The van der Waals surface area contributed by atoms with E-state index in [0.29, 0.717) is 11.3 Å². The van der Waals surface area contributed by atoms with Crippen molar-refractivity contribution in [2.75, 3.05) is 5.32 Å². The van der Waals surface area contributed by atoms with Crippen molar-refractivity contribution in [2.45, 2.75) is 6.92 Å². The molecule has 7 N–H and O–H groups in total. The summed E-state index contributed by atoms with van der Waals surface area (Å²) < 4.78 is 0. The highest BCUT2D eigenvalue weighted by atomic mass is 16.3. The van der Waals surface area contributed by atoms with Gasteiger partial charge < -0.3 is 21.6 Å². The lowest BCUT2D eigenvalue weighted by Gasteiger charge is -2.04. The fourth-order valence-electron chi connectivity index (χ4n) is 1.88. The second-order valence-corrected chi connectivity index (χ2v) is 4.35. The molecule has 0 radical (unpaired) electrons. The molecule has 0 aliphatic rings. The third kappa shape index (κ3) is 2.56. The monoisotopic (exact) mass is 274 g/mol. The van der Waals surface area contributed by atoms with E-state index in [1.807, 2.05) is 6.92 Å². The number of phenols is 1. The maximum atomic E-state index is 11.3. The number of phenolic OH excluding ortho intramolecular Hbond substituents is 1. The molecule has 7 heteroatoms. The van der Waals surface area contributed by atoms with Crippen LogP contribution in [0.25, 0.3) is 11.3 Å². The molecule has 104 valence electrons. The van der Waals surface area contributed by atoms with E-state index in [9.17, 15) is 14.7 Å². The number of hydrogen-bond acceptors (Lipinski definition) is 3. The van der Waals surface area contributed by atoms with Crippen molar-refractivity contribution in [2.24, 2.45) is 11.5 Å². The second-order valence-electron chi connectivity index (χ2n) is 4.35. The van der Waals surface area contributed by atoms with Crippen LogP contribution in [0.4, 0.5) is 10.6 Å². The highest BCUT2D eigenvalue weighted by Gasteiger charge is 2.16. The Bertz CT molecular complexity index is 691. The molecule has 1 aromatic carbocycles. The number of primary amides is 2. The number of rotatable bonds is 3. The number of aryl methyl sites for hydroxylation is 1. The maximum absolute atomic E-state index is 11.3. The van der Waals surface area contributed by atoms with Gasteiger partial charge in [-0.2, -0.15) is 0 Å². The summed E-state index contributed by atoms with van der Waals surface area (Å²) in [6, 6.07) is 5.65. The van der Waals surface area contributed by atoms with Crippen LogP contribution in [0.15, 0.2) is 24.3 Å². The molecule has 0 unspecified atom stereocenters. The summed E-state index contributed by atoms with van der Waals surface area (Å²) in [5.41, 5.74) is 12.2. The number of anilines is 1. The molecule has 0 bridgehead atoms. The quantitative estimate of drug-likeness (QED) is 0.577. The molecule has 0 spiro atoms. The van der Waals surface area contributed by atoms with Gasteiger partial charge in [-0.3, -0.25) is 10.1 Å². The van der Waals surface area contributed by atoms with Gasteiger partial charge in [0.2, 0.25) is 0 Å². The third-order valence-corrected chi connectivity index (χ3v) is 2.77. The maximum Gasteiger partial charge on any atom is 0.317 e. The number of amides is 3. The van der Waals surface area contributed by atoms with E-state index in [1.165, 1.54) is 12.1 Å². The first kappa shape index (κ1) is 13.5. The molecular weight excluding hydrogens is 260 g/mol. The largest absolute Gasteiger partial charge is 0.507 e. The highest BCUT2D eigenvalue weighted by molar-refractivity contribution is 6.03. The van der Waals surface area contributed by atoms with E-state index < -0.39 is 11.9 Å². The Kier molecular flexibility index (Phi) is 3.34. The van der Waals surface area contributed by atoms with E-state index in [4.69, 9.17) is 11.5 Å². The van der Waals surface area contributed by atoms with E-state index in [2.05, 4.69) is 10.3 Å². The minimum atomic E-state index is -0.825. The summed E-state index contributed by atoms with van der Waals surface area (Å²) in [5, 5.41) is 12.1. The van der Waals surface area contributed by atoms with Gasteiger partial charge in [-0.25, -0.2) is 4.79 Å². The lowest BCUT2D eigenvalue weighted by Crippen LogP contribution is -2.22. The van der Waals surface area contributed by atoms with Crippen LogP contribution in [-0.4, -0.2) is 22.0 Å². The normalized spacial score (nSPS) is 10.2. The van der Waals surface area contributed by atoms with E-state index in [1.54, 1.807) is 12.1 Å². The standard InChI is InChI=1S/C13H14N4O3/c1-6-2-3-10(18)7(4-6)9-5-8(11(14)19)12(16-9)17-13(15)20/h2-5,16,18H,1H3,(H2,14,19)(H3,15,17,20). The van der Waals surface area contributed by atoms with E-state index in [0.717, 1.165) is 5.56 Å². The minimum Gasteiger partial charge on any atom is -0.507 e. The van der Waals surface area contributed by atoms with Gasteiger partial charge >= 0.3 is 6.03 Å². The zero-order valence-electron chi connectivity index (χ0n) is 10.7. The van der Waals surface area contributed by atoms with Crippen LogP contribution in [0.5, 0.6) is 5.75 Å². The number of hydrogen-bond donors (Lipinski definition) is 5. The number of aromatic amines is 1. The van der Waals surface area contributed by atoms with Gasteiger partial charge in [-0.15, -0.1) is 0 Å². The van der Waals surface area contributed by atoms with Crippen LogP contribution in [-0.2, 0) is 0 Å². The molecule has 0 fully saturated rings. The van der Waals surface area contributed by atoms with Crippen LogP contribution in [0, 0.1) is 6.92 Å². The van der Waals surface area contributed by atoms with Crippen molar-refractivity contribution in [3.8, 4) is 17.0 Å². The van der Waals surface area contributed by atoms with Crippen LogP contribution >= 0.6 is 0 Å². The Morgan fingerprint density at radius 3 is 2.55 bits per heavy atom. The number of benzene rings is 1. The van der Waals surface area contributed by atoms with Crippen molar-refractivity contribution < 1.29 is 14.7 Å². The SMILES string of the molecule is Cc1ccc(O)c(-c2cc(C(N)=O)c(NC(N)=O)[nH]2)c1. The summed E-state index contributed by atoms with van der Waals surface area (Å²) in [5.74, 6) is -0.581. The number of urea groups is 1. The molecule has 0 saturated heterocycles. The van der Waals surface area contributed by atoms with Crippen LogP contribution in [0.3, 0.4) is 0 Å². The fourth-order valence-corrected chi connectivity index (χ4v) is 1.88. The topological polar surface area (TPSA) is 134 Å². The van der Waals surface area contributed by atoms with Crippen LogP contribution in [0.1, 0.15) is 15.9 Å². The van der Waals surface area contributed by atoms with E-state index in [-0.39, 0.29) is 17.1 Å². The smallest absolute Gasteiger partial charge is 0.317 e. The summed E-state index contributed by atoms with van der Waals surface area (Å²) in [6.45, 7) is 1.86. The van der Waals surface area contributed by atoms with Crippen molar-refractivity contribution in [1.82, 2.24) is 4.98 Å². The first-order valence-electron chi connectivity index (χ1n) is 5.77. The van der Waals surface area contributed by atoms with Gasteiger partial charge in [0.25, 0.3) is 5.91 Å². The molecule has 3 amide bonds. The van der Waals surface area contributed by atoms with Gasteiger partial charge in [0, 0.05) is 5.56 Å². The van der Waals surface area contributed by atoms with Gasteiger partial charge in [-0.1, -0.05) is 11.6 Å². The summed E-state index contributed by atoms with van der Waals surface area (Å²) in [4.78, 5) is 25.1.